The number of piperazine rings is 1. The van der Waals surface area contributed by atoms with Crippen LogP contribution in [-0.2, 0) is 0 Å². The van der Waals surface area contributed by atoms with Gasteiger partial charge in [0.1, 0.15) is 5.75 Å². The first-order valence-electron chi connectivity index (χ1n) is 7.97. The molecule has 0 saturated carbocycles. The molecule has 0 aliphatic carbocycles. The van der Waals surface area contributed by atoms with Crippen LogP contribution in [0.3, 0.4) is 0 Å². The highest BCUT2D eigenvalue weighted by Gasteiger charge is 2.21. The maximum absolute atomic E-state index is 12.7. The van der Waals surface area contributed by atoms with Gasteiger partial charge in [0.15, 0.2) is 0 Å². The summed E-state index contributed by atoms with van der Waals surface area (Å²) in [7, 11) is 3.74. The molecular formula is C17H27N3O2. The van der Waals surface area contributed by atoms with Crippen LogP contribution in [0.4, 0.5) is 5.69 Å². The largest absolute Gasteiger partial charge is 0.495 e. The Morgan fingerprint density at radius 2 is 2.00 bits per heavy atom. The third-order valence-electron chi connectivity index (χ3n) is 4.25. The maximum Gasteiger partial charge on any atom is 0.254 e. The smallest absolute Gasteiger partial charge is 0.254 e. The van der Waals surface area contributed by atoms with Crippen molar-refractivity contribution in [3.63, 3.8) is 0 Å². The second-order valence-corrected chi connectivity index (χ2v) is 5.96. The van der Waals surface area contributed by atoms with Crippen LogP contribution < -0.4 is 10.1 Å². The van der Waals surface area contributed by atoms with Crippen molar-refractivity contribution in [3.8, 4) is 5.75 Å². The summed E-state index contributed by atoms with van der Waals surface area (Å²) in [5.41, 5.74) is 1.60. The number of benzene rings is 1. The van der Waals surface area contributed by atoms with Crippen molar-refractivity contribution in [1.29, 1.82) is 0 Å². The number of likely N-dealkylation sites (N-methyl/N-ethyl adjacent to an activating group) is 1. The Bertz CT molecular complexity index is 511. The van der Waals surface area contributed by atoms with Crippen LogP contribution in [-0.4, -0.2) is 62.1 Å². The lowest BCUT2D eigenvalue weighted by molar-refractivity contribution is 0.0664. The van der Waals surface area contributed by atoms with Crippen LogP contribution in [0.5, 0.6) is 5.75 Å². The predicted octanol–water partition coefficient (Wildman–Crippen LogP) is 2.29. The zero-order valence-electron chi connectivity index (χ0n) is 14.1. The maximum atomic E-state index is 12.7. The fourth-order valence-corrected chi connectivity index (χ4v) is 2.51. The standard InChI is InChI=1S/C17H27N3O2/c1-5-13(2)18-15-12-14(6-7-16(15)22-4)17(21)20-10-8-19(3)9-11-20/h6-7,12-13,18H,5,8-11H2,1-4H3. The van der Waals surface area contributed by atoms with Crippen molar-refractivity contribution in [3.05, 3.63) is 23.8 Å². The van der Waals surface area contributed by atoms with E-state index in [2.05, 4.69) is 31.1 Å². The molecule has 0 radical (unpaired) electrons. The van der Waals surface area contributed by atoms with E-state index in [9.17, 15) is 4.79 Å². The number of nitrogens with zero attached hydrogens (tertiary/aromatic N) is 2. The quantitative estimate of drug-likeness (QED) is 0.906. The normalized spacial score (nSPS) is 17.2. The Labute approximate surface area is 133 Å². The summed E-state index contributed by atoms with van der Waals surface area (Å²) in [6.45, 7) is 7.68. The first-order valence-corrected chi connectivity index (χ1v) is 7.97. The number of methoxy groups -OCH3 is 1. The molecular weight excluding hydrogens is 278 g/mol. The zero-order chi connectivity index (χ0) is 16.1. The number of carbonyl (C=O) groups excluding carboxylic acids is 1. The van der Waals surface area contributed by atoms with Crippen LogP contribution in [0.15, 0.2) is 18.2 Å². The van der Waals surface area contributed by atoms with Gasteiger partial charge in [-0.2, -0.15) is 0 Å². The van der Waals surface area contributed by atoms with Crippen LogP contribution in [0.1, 0.15) is 30.6 Å². The van der Waals surface area contributed by atoms with Gasteiger partial charge in [0, 0.05) is 37.8 Å². The van der Waals surface area contributed by atoms with Crippen molar-refractivity contribution in [2.24, 2.45) is 0 Å². The summed E-state index contributed by atoms with van der Waals surface area (Å²) >= 11 is 0. The second-order valence-electron chi connectivity index (χ2n) is 5.96. The molecule has 0 bridgehead atoms. The van der Waals surface area contributed by atoms with Crippen LogP contribution in [0.25, 0.3) is 0 Å². The number of hydrogen-bond donors (Lipinski definition) is 1. The summed E-state index contributed by atoms with van der Waals surface area (Å²) in [5.74, 6) is 0.873. The van der Waals surface area contributed by atoms with Gasteiger partial charge in [-0.1, -0.05) is 6.92 Å². The monoisotopic (exact) mass is 305 g/mol. The molecule has 1 aromatic carbocycles. The minimum Gasteiger partial charge on any atom is -0.495 e. The van der Waals surface area contributed by atoms with E-state index >= 15 is 0 Å². The van der Waals surface area contributed by atoms with E-state index in [1.165, 1.54) is 0 Å². The highest BCUT2D eigenvalue weighted by atomic mass is 16.5. The van der Waals surface area contributed by atoms with E-state index in [1.54, 1.807) is 7.11 Å². The molecule has 1 N–H and O–H groups in total. The van der Waals surface area contributed by atoms with E-state index in [0.717, 1.165) is 49.6 Å². The van der Waals surface area contributed by atoms with E-state index < -0.39 is 0 Å². The molecule has 0 spiro atoms. The molecule has 1 saturated heterocycles. The Hall–Kier alpha value is -1.75. The zero-order valence-corrected chi connectivity index (χ0v) is 14.1. The Kier molecular flexibility index (Phi) is 5.66. The Balaban J connectivity index is 2.16. The summed E-state index contributed by atoms with van der Waals surface area (Å²) in [5, 5.41) is 3.41. The minimum absolute atomic E-state index is 0.1000. The SMILES string of the molecule is CCC(C)Nc1cc(C(=O)N2CCN(C)CC2)ccc1OC. The molecule has 1 aliphatic heterocycles. The minimum atomic E-state index is 0.1000. The predicted molar refractivity (Wildman–Crippen MR) is 89.8 cm³/mol. The fraction of sp³-hybridized carbons (Fsp3) is 0.588. The molecule has 1 atom stereocenters. The molecule has 1 heterocycles. The first-order chi connectivity index (χ1) is 10.5. The Morgan fingerprint density at radius 1 is 1.32 bits per heavy atom. The van der Waals surface area contributed by atoms with Gasteiger partial charge in [-0.25, -0.2) is 0 Å². The molecule has 1 aliphatic rings. The summed E-state index contributed by atoms with van der Waals surface area (Å²) < 4.78 is 5.39. The third-order valence-corrected chi connectivity index (χ3v) is 4.25. The number of amides is 1. The van der Waals surface area contributed by atoms with E-state index in [-0.39, 0.29) is 5.91 Å². The van der Waals surface area contributed by atoms with Gasteiger partial charge in [-0.3, -0.25) is 4.79 Å². The van der Waals surface area contributed by atoms with Gasteiger partial charge in [-0.05, 0) is 38.6 Å². The fourth-order valence-electron chi connectivity index (χ4n) is 2.51. The highest BCUT2D eigenvalue weighted by molar-refractivity contribution is 5.95. The van der Waals surface area contributed by atoms with E-state index in [4.69, 9.17) is 4.74 Å². The van der Waals surface area contributed by atoms with E-state index in [0.29, 0.717) is 6.04 Å². The van der Waals surface area contributed by atoms with Crippen molar-refractivity contribution < 1.29 is 9.53 Å². The molecule has 2 rings (SSSR count). The summed E-state index contributed by atoms with van der Waals surface area (Å²) in [6.07, 6.45) is 1.01. The van der Waals surface area contributed by atoms with E-state index in [1.807, 2.05) is 23.1 Å². The molecule has 1 aromatic rings. The molecule has 5 heteroatoms. The molecule has 1 amide bonds. The van der Waals surface area contributed by atoms with Gasteiger partial charge in [-0.15, -0.1) is 0 Å². The van der Waals surface area contributed by atoms with Crippen molar-refractivity contribution >= 4 is 11.6 Å². The highest BCUT2D eigenvalue weighted by Crippen LogP contribution is 2.27. The average Bonchev–Trinajstić information content (AvgIpc) is 2.54. The van der Waals surface area contributed by atoms with Gasteiger partial charge in [0.05, 0.1) is 12.8 Å². The number of anilines is 1. The molecule has 1 fully saturated rings. The summed E-state index contributed by atoms with van der Waals surface area (Å²) in [6, 6.07) is 5.96. The molecule has 0 aromatic heterocycles. The molecule has 1 unspecified atom stereocenters. The molecule has 122 valence electrons. The van der Waals surface area contributed by atoms with Crippen LogP contribution in [0, 0.1) is 0 Å². The molecule has 22 heavy (non-hydrogen) atoms. The van der Waals surface area contributed by atoms with Crippen molar-refractivity contribution in [2.45, 2.75) is 26.3 Å². The summed E-state index contributed by atoms with van der Waals surface area (Å²) in [4.78, 5) is 16.8. The van der Waals surface area contributed by atoms with Crippen LogP contribution in [0.2, 0.25) is 0 Å². The second kappa shape index (κ2) is 7.49. The number of hydrogen-bond acceptors (Lipinski definition) is 4. The van der Waals surface area contributed by atoms with Crippen molar-refractivity contribution in [2.75, 3.05) is 45.7 Å². The first kappa shape index (κ1) is 16.6. The topological polar surface area (TPSA) is 44.8 Å². The van der Waals surface area contributed by atoms with Crippen LogP contribution >= 0.6 is 0 Å². The van der Waals surface area contributed by atoms with Crippen molar-refractivity contribution in [1.82, 2.24) is 9.80 Å². The van der Waals surface area contributed by atoms with Gasteiger partial charge in [0.25, 0.3) is 5.91 Å². The molecule has 5 nitrogen and oxygen atoms in total. The Morgan fingerprint density at radius 3 is 2.59 bits per heavy atom. The lowest BCUT2D eigenvalue weighted by Crippen LogP contribution is -2.47. The van der Waals surface area contributed by atoms with Gasteiger partial charge < -0.3 is 19.9 Å². The number of carbonyl (C=O) groups is 1. The third kappa shape index (κ3) is 3.91. The number of ether oxygens (including phenoxy) is 1. The van der Waals surface area contributed by atoms with Gasteiger partial charge in [0.2, 0.25) is 0 Å². The average molecular weight is 305 g/mol. The van der Waals surface area contributed by atoms with Gasteiger partial charge >= 0.3 is 0 Å². The number of nitrogens with one attached hydrogen (secondary N) is 1. The number of rotatable bonds is 5. The lowest BCUT2D eigenvalue weighted by atomic mass is 10.1. The lowest BCUT2D eigenvalue weighted by Gasteiger charge is -2.32.